The van der Waals surface area contributed by atoms with Crippen LogP contribution in [0.4, 0.5) is 11.5 Å². The molecule has 1 atom stereocenters. The van der Waals surface area contributed by atoms with Crippen LogP contribution in [0.25, 0.3) is 5.69 Å². The first-order valence-electron chi connectivity index (χ1n) is 7.77. The van der Waals surface area contributed by atoms with Crippen LogP contribution in [0.15, 0.2) is 46.9 Å². The Kier molecular flexibility index (Phi) is 3.83. The highest BCUT2D eigenvalue weighted by atomic mass is 79.9. The minimum atomic E-state index is -1.93. The smallest absolute Gasteiger partial charge is 0.266 e. The second-order valence-corrected chi connectivity index (χ2v) is 7.44. The van der Waals surface area contributed by atoms with E-state index in [4.69, 9.17) is 17.3 Å². The van der Waals surface area contributed by atoms with E-state index >= 15 is 0 Å². The molecule has 0 unspecified atom stereocenters. The van der Waals surface area contributed by atoms with E-state index in [0.29, 0.717) is 27.7 Å². The third-order valence-corrected chi connectivity index (χ3v) is 5.19. The van der Waals surface area contributed by atoms with E-state index in [1.165, 1.54) is 4.68 Å². The number of nitrogens with two attached hydrogens (primary N) is 1. The number of anilines is 2. The van der Waals surface area contributed by atoms with Crippen LogP contribution in [0.5, 0.6) is 0 Å². The van der Waals surface area contributed by atoms with Crippen molar-refractivity contribution in [2.24, 2.45) is 0 Å². The zero-order valence-electron chi connectivity index (χ0n) is 13.6. The monoisotopic (exact) mass is 432 g/mol. The quantitative estimate of drug-likeness (QED) is 0.578. The van der Waals surface area contributed by atoms with Crippen molar-refractivity contribution in [2.75, 3.05) is 11.1 Å². The molecule has 4 rings (SSSR count). The van der Waals surface area contributed by atoms with E-state index in [0.717, 1.165) is 4.47 Å². The lowest BCUT2D eigenvalue weighted by atomic mass is 9.87. The molecule has 0 spiro atoms. The van der Waals surface area contributed by atoms with Gasteiger partial charge in [-0.25, -0.2) is 4.68 Å². The van der Waals surface area contributed by atoms with Crippen LogP contribution in [0, 0.1) is 6.92 Å². The second kappa shape index (κ2) is 5.84. The van der Waals surface area contributed by atoms with Gasteiger partial charge in [0.05, 0.1) is 16.9 Å². The summed E-state index contributed by atoms with van der Waals surface area (Å²) in [7, 11) is 0. The van der Waals surface area contributed by atoms with Crippen molar-refractivity contribution in [3.63, 3.8) is 0 Å². The predicted octanol–water partition coefficient (Wildman–Crippen LogP) is 3.37. The summed E-state index contributed by atoms with van der Waals surface area (Å²) < 4.78 is 2.21. The minimum Gasteiger partial charge on any atom is -0.383 e. The summed E-state index contributed by atoms with van der Waals surface area (Å²) in [6.45, 7) is 1.70. The van der Waals surface area contributed by atoms with Crippen molar-refractivity contribution >= 4 is 44.9 Å². The molecular weight excluding hydrogens is 420 g/mol. The molecule has 1 aliphatic rings. The molecule has 1 amide bonds. The van der Waals surface area contributed by atoms with Gasteiger partial charge in [-0.15, -0.1) is 0 Å². The Bertz CT molecular complexity index is 1070. The number of hydrogen-bond acceptors (Lipinski definition) is 4. The highest BCUT2D eigenvalue weighted by Gasteiger charge is 2.50. The van der Waals surface area contributed by atoms with Crippen LogP contribution in [0.2, 0.25) is 5.02 Å². The normalized spacial score (nSPS) is 18.7. The van der Waals surface area contributed by atoms with Gasteiger partial charge in [0, 0.05) is 20.7 Å². The molecule has 0 bridgehead atoms. The van der Waals surface area contributed by atoms with Crippen molar-refractivity contribution in [1.29, 1.82) is 0 Å². The third kappa shape index (κ3) is 2.35. The fourth-order valence-corrected chi connectivity index (χ4v) is 3.85. The first kappa shape index (κ1) is 17.1. The number of hydrogen-bond donors (Lipinski definition) is 3. The van der Waals surface area contributed by atoms with Crippen LogP contribution < -0.4 is 11.1 Å². The molecule has 2 aromatic carbocycles. The van der Waals surface area contributed by atoms with Gasteiger partial charge in [-0.05, 0) is 43.3 Å². The van der Waals surface area contributed by atoms with Crippen molar-refractivity contribution < 1.29 is 9.90 Å². The van der Waals surface area contributed by atoms with E-state index in [2.05, 4.69) is 26.3 Å². The molecule has 8 heteroatoms. The third-order valence-electron chi connectivity index (χ3n) is 4.46. The molecule has 4 N–H and O–H groups in total. The van der Waals surface area contributed by atoms with Crippen LogP contribution in [0.1, 0.15) is 16.8 Å². The number of amides is 1. The van der Waals surface area contributed by atoms with Gasteiger partial charge >= 0.3 is 0 Å². The zero-order valence-corrected chi connectivity index (χ0v) is 16.0. The molecule has 0 aliphatic carbocycles. The molecule has 1 aliphatic heterocycles. The number of rotatable bonds is 2. The molecule has 0 saturated carbocycles. The van der Waals surface area contributed by atoms with Gasteiger partial charge < -0.3 is 16.2 Å². The van der Waals surface area contributed by atoms with Gasteiger partial charge in [-0.3, -0.25) is 4.79 Å². The van der Waals surface area contributed by atoms with E-state index < -0.39 is 11.5 Å². The molecule has 6 nitrogen and oxygen atoms in total. The molecule has 132 valence electrons. The maximum absolute atomic E-state index is 12.7. The number of nitrogen functional groups attached to an aromatic ring is 1. The molecule has 1 aromatic heterocycles. The van der Waals surface area contributed by atoms with Crippen molar-refractivity contribution in [3.8, 4) is 5.69 Å². The summed E-state index contributed by atoms with van der Waals surface area (Å²) in [6, 6.07) is 12.2. The predicted molar refractivity (Wildman–Crippen MR) is 103 cm³/mol. The number of halogens is 2. The lowest BCUT2D eigenvalue weighted by Crippen LogP contribution is -2.36. The molecule has 0 radical (unpaired) electrons. The number of nitrogens with one attached hydrogen (secondary N) is 1. The van der Waals surface area contributed by atoms with Crippen LogP contribution in [-0.4, -0.2) is 20.8 Å². The number of nitrogens with zero attached hydrogens (tertiary/aromatic N) is 2. The maximum Gasteiger partial charge on any atom is 0.266 e. The van der Waals surface area contributed by atoms with Crippen molar-refractivity contribution in [1.82, 2.24) is 9.78 Å². The van der Waals surface area contributed by atoms with Gasteiger partial charge in [-0.2, -0.15) is 5.10 Å². The summed E-state index contributed by atoms with van der Waals surface area (Å²) in [5, 5.41) is 19.0. The number of aliphatic hydroxyl groups is 1. The van der Waals surface area contributed by atoms with Crippen LogP contribution in [-0.2, 0) is 10.4 Å². The zero-order chi connectivity index (χ0) is 18.6. The SMILES string of the molecule is Cc1nn(-c2cccc(Cl)c2)c(N)c1[C@@]1(O)C(=O)Nc2ccc(Br)cc21. The average molecular weight is 434 g/mol. The van der Waals surface area contributed by atoms with Gasteiger partial charge in [0.15, 0.2) is 0 Å². The number of fused-ring (bicyclic) bond motifs is 1. The lowest BCUT2D eigenvalue weighted by Gasteiger charge is -2.21. The Labute approximate surface area is 162 Å². The first-order valence-corrected chi connectivity index (χ1v) is 8.95. The van der Waals surface area contributed by atoms with Gasteiger partial charge in [0.1, 0.15) is 5.82 Å². The summed E-state index contributed by atoms with van der Waals surface area (Å²) in [5.41, 5.74) is 6.70. The summed E-state index contributed by atoms with van der Waals surface area (Å²) >= 11 is 9.43. The van der Waals surface area contributed by atoms with Crippen molar-refractivity contribution in [3.05, 3.63) is 68.8 Å². The number of aromatic nitrogens is 2. The van der Waals surface area contributed by atoms with Crippen molar-refractivity contribution in [2.45, 2.75) is 12.5 Å². The summed E-state index contributed by atoms with van der Waals surface area (Å²) in [6.07, 6.45) is 0. The Morgan fingerprint density at radius 1 is 1.31 bits per heavy atom. The lowest BCUT2D eigenvalue weighted by molar-refractivity contribution is -0.129. The fourth-order valence-electron chi connectivity index (χ4n) is 3.31. The topological polar surface area (TPSA) is 93.2 Å². The van der Waals surface area contributed by atoms with Crippen LogP contribution >= 0.6 is 27.5 Å². The van der Waals surface area contributed by atoms with E-state index in [1.807, 2.05) is 0 Å². The highest BCUT2D eigenvalue weighted by Crippen LogP contribution is 2.45. The Morgan fingerprint density at radius 2 is 2.08 bits per heavy atom. The van der Waals surface area contributed by atoms with E-state index in [1.54, 1.807) is 49.4 Å². The second-order valence-electron chi connectivity index (χ2n) is 6.09. The fraction of sp³-hybridized carbons (Fsp3) is 0.111. The standard InChI is InChI=1S/C18H14BrClN4O2/c1-9-15(16(21)24(23-9)12-4-2-3-11(20)8-12)18(26)13-7-10(19)5-6-14(13)22-17(18)25/h2-8,26H,21H2,1H3,(H,22,25)/t18-/m1/s1. The molecule has 0 saturated heterocycles. The first-order chi connectivity index (χ1) is 12.3. The van der Waals surface area contributed by atoms with Gasteiger partial charge in [-0.1, -0.05) is 33.6 Å². The number of carbonyl (C=O) groups excluding carboxylic acids is 1. The Morgan fingerprint density at radius 3 is 2.81 bits per heavy atom. The average Bonchev–Trinajstić information content (AvgIpc) is 3.02. The minimum absolute atomic E-state index is 0.176. The van der Waals surface area contributed by atoms with E-state index in [-0.39, 0.29) is 11.4 Å². The largest absolute Gasteiger partial charge is 0.383 e. The maximum atomic E-state index is 12.7. The van der Waals surface area contributed by atoms with Gasteiger partial charge in [0.2, 0.25) is 5.60 Å². The highest BCUT2D eigenvalue weighted by molar-refractivity contribution is 9.10. The van der Waals surface area contributed by atoms with Crippen LogP contribution in [0.3, 0.4) is 0 Å². The number of carbonyl (C=O) groups is 1. The Balaban J connectivity index is 1.95. The number of aryl methyl sites for hydroxylation is 1. The summed E-state index contributed by atoms with van der Waals surface area (Å²) in [4.78, 5) is 12.7. The van der Waals surface area contributed by atoms with E-state index in [9.17, 15) is 9.90 Å². The van der Waals surface area contributed by atoms with Gasteiger partial charge in [0.25, 0.3) is 5.91 Å². The molecule has 0 fully saturated rings. The Hall–Kier alpha value is -2.35. The summed E-state index contributed by atoms with van der Waals surface area (Å²) in [5.74, 6) is -0.388. The molecular formula is C18H14BrClN4O2. The number of benzene rings is 2. The molecule has 3 aromatic rings. The molecule has 26 heavy (non-hydrogen) atoms. The molecule has 2 heterocycles.